The summed E-state index contributed by atoms with van der Waals surface area (Å²) in [7, 11) is 0. The van der Waals surface area contributed by atoms with Crippen LogP contribution >= 0.6 is 12.6 Å². The highest BCUT2D eigenvalue weighted by Gasteiger charge is 2.31. The molecule has 0 fully saturated rings. The first kappa shape index (κ1) is 29.6. The van der Waals surface area contributed by atoms with Crippen LogP contribution in [-0.2, 0) is 30.4 Å². The molecule has 4 unspecified atom stereocenters. The lowest BCUT2D eigenvalue weighted by Crippen LogP contribution is -2.58. The number of fused-ring (bicyclic) bond motifs is 1. The summed E-state index contributed by atoms with van der Waals surface area (Å²) < 4.78 is 0. The zero-order valence-electron chi connectivity index (χ0n) is 20.7. The van der Waals surface area contributed by atoms with Crippen molar-refractivity contribution in [2.24, 2.45) is 17.4 Å². The zero-order valence-corrected chi connectivity index (χ0v) is 21.6. The van der Waals surface area contributed by atoms with Crippen LogP contribution in [0.2, 0.25) is 0 Å². The number of carbonyl (C=O) groups is 5. The van der Waals surface area contributed by atoms with E-state index in [1.165, 1.54) is 0 Å². The number of carboxylic acids is 1. The quantitative estimate of drug-likeness (QED) is 0.148. The lowest BCUT2D eigenvalue weighted by Gasteiger charge is -2.26. The number of carboxylic acid groups (broad SMARTS) is 1. The Hall–Kier alpha value is -3.58. The van der Waals surface area contributed by atoms with Crippen LogP contribution in [0.1, 0.15) is 32.3 Å². The number of nitrogens with two attached hydrogens (primary N) is 2. The van der Waals surface area contributed by atoms with Crippen LogP contribution in [0.4, 0.5) is 0 Å². The van der Waals surface area contributed by atoms with Crippen molar-refractivity contribution in [2.75, 3.05) is 5.75 Å². The first-order valence-electron chi connectivity index (χ1n) is 11.8. The fourth-order valence-corrected chi connectivity index (χ4v) is 4.00. The molecule has 0 radical (unpaired) electrons. The molecule has 4 amide bonds. The Labute approximate surface area is 219 Å². The molecule has 4 atom stereocenters. The van der Waals surface area contributed by atoms with Gasteiger partial charge in [0.15, 0.2) is 0 Å². The Bertz CT molecular complexity index is 1140. The summed E-state index contributed by atoms with van der Waals surface area (Å²) in [5.41, 5.74) is 12.4. The van der Waals surface area contributed by atoms with E-state index in [-0.39, 0.29) is 24.5 Å². The van der Waals surface area contributed by atoms with E-state index in [0.29, 0.717) is 0 Å². The van der Waals surface area contributed by atoms with E-state index in [9.17, 15) is 29.1 Å². The van der Waals surface area contributed by atoms with Crippen LogP contribution in [0.25, 0.3) is 10.9 Å². The number of carbonyl (C=O) groups excluding carboxylic acids is 4. The van der Waals surface area contributed by atoms with Gasteiger partial charge in [-0.05, 0) is 24.0 Å². The molecule has 0 aliphatic heterocycles. The Balaban J connectivity index is 2.30. The SMILES string of the molecule is CC(C)CC(NC(=O)C(N)CC(N)=O)C(=O)NC(Cc1c[nH]c2ccccc12)C(=O)NC(CS)C(=O)O. The highest BCUT2D eigenvalue weighted by molar-refractivity contribution is 7.80. The first-order valence-corrected chi connectivity index (χ1v) is 12.4. The number of rotatable bonds is 14. The maximum atomic E-state index is 13.3. The maximum absolute atomic E-state index is 13.3. The number of hydrogen-bond acceptors (Lipinski definition) is 7. The van der Waals surface area contributed by atoms with E-state index < -0.39 is 60.2 Å². The molecule has 2 aromatic rings. The molecule has 13 heteroatoms. The van der Waals surface area contributed by atoms with Crippen molar-refractivity contribution < 1.29 is 29.1 Å². The predicted molar refractivity (Wildman–Crippen MR) is 141 cm³/mol. The second-order valence-corrected chi connectivity index (χ2v) is 9.54. The van der Waals surface area contributed by atoms with Crippen molar-refractivity contribution in [2.45, 2.75) is 57.3 Å². The van der Waals surface area contributed by atoms with E-state index in [1.54, 1.807) is 6.20 Å². The third kappa shape index (κ3) is 8.79. The molecule has 1 aromatic heterocycles. The second kappa shape index (κ2) is 13.7. The highest BCUT2D eigenvalue weighted by Crippen LogP contribution is 2.19. The van der Waals surface area contributed by atoms with Gasteiger partial charge in [-0.15, -0.1) is 0 Å². The standard InChI is InChI=1S/C24H34N6O6S/c1-12(2)7-17(28-21(32)15(25)9-20(26)31)22(33)29-18(23(34)30-19(11-37)24(35)36)8-13-10-27-16-6-4-3-5-14(13)16/h3-6,10,12,15,17-19,27,37H,7-9,11,25H2,1-2H3,(H2,26,31)(H,28,32)(H,29,33)(H,30,34)(H,35,36). The first-order chi connectivity index (χ1) is 17.4. The number of primary amides is 1. The molecule has 0 aliphatic carbocycles. The molecular weight excluding hydrogens is 500 g/mol. The lowest BCUT2D eigenvalue weighted by molar-refractivity contribution is -0.141. The molecule has 0 saturated heterocycles. The third-order valence-corrected chi connectivity index (χ3v) is 5.99. The number of aliphatic carboxylic acids is 1. The van der Waals surface area contributed by atoms with Crippen molar-refractivity contribution in [1.82, 2.24) is 20.9 Å². The number of hydrogen-bond donors (Lipinski definition) is 8. The highest BCUT2D eigenvalue weighted by atomic mass is 32.1. The van der Waals surface area contributed by atoms with Gasteiger partial charge in [0.05, 0.1) is 12.5 Å². The van der Waals surface area contributed by atoms with E-state index >= 15 is 0 Å². The summed E-state index contributed by atoms with van der Waals surface area (Å²) in [5, 5.41) is 17.7. The van der Waals surface area contributed by atoms with Crippen LogP contribution < -0.4 is 27.4 Å². The van der Waals surface area contributed by atoms with E-state index in [1.807, 2.05) is 38.1 Å². The minimum atomic E-state index is -1.27. The molecule has 202 valence electrons. The van der Waals surface area contributed by atoms with Crippen molar-refractivity contribution >= 4 is 53.1 Å². The molecule has 0 saturated carbocycles. The van der Waals surface area contributed by atoms with Crippen LogP contribution in [0.3, 0.4) is 0 Å². The summed E-state index contributed by atoms with van der Waals surface area (Å²) in [6, 6.07) is 2.65. The van der Waals surface area contributed by atoms with Gasteiger partial charge in [0.1, 0.15) is 18.1 Å². The van der Waals surface area contributed by atoms with Gasteiger partial charge in [-0.3, -0.25) is 19.2 Å². The van der Waals surface area contributed by atoms with Gasteiger partial charge in [0.25, 0.3) is 0 Å². The molecule has 0 bridgehead atoms. The van der Waals surface area contributed by atoms with E-state index in [0.717, 1.165) is 16.5 Å². The number of amides is 4. The van der Waals surface area contributed by atoms with Gasteiger partial charge in [-0.2, -0.15) is 12.6 Å². The molecule has 12 nitrogen and oxygen atoms in total. The summed E-state index contributed by atoms with van der Waals surface area (Å²) in [6.07, 6.45) is 1.58. The lowest BCUT2D eigenvalue weighted by atomic mass is 10.00. The van der Waals surface area contributed by atoms with Crippen molar-refractivity contribution in [1.29, 1.82) is 0 Å². The molecule has 2 rings (SSSR count). The van der Waals surface area contributed by atoms with E-state index in [4.69, 9.17) is 11.5 Å². The van der Waals surface area contributed by atoms with Gasteiger partial charge in [0, 0.05) is 29.3 Å². The summed E-state index contributed by atoms with van der Waals surface area (Å²) in [4.78, 5) is 64.5. The van der Waals surface area contributed by atoms with Crippen LogP contribution in [0, 0.1) is 5.92 Å². The Morgan fingerprint density at radius 3 is 2.16 bits per heavy atom. The average Bonchev–Trinajstić information content (AvgIpc) is 3.23. The second-order valence-electron chi connectivity index (χ2n) is 9.17. The molecule has 0 aliphatic rings. The topological polar surface area (TPSA) is 209 Å². The number of aromatic amines is 1. The molecule has 9 N–H and O–H groups in total. The average molecular weight is 535 g/mol. The van der Waals surface area contributed by atoms with Crippen molar-refractivity contribution in [3.63, 3.8) is 0 Å². The van der Waals surface area contributed by atoms with Gasteiger partial charge in [0.2, 0.25) is 23.6 Å². The summed E-state index contributed by atoms with van der Waals surface area (Å²) in [6.45, 7) is 3.69. The van der Waals surface area contributed by atoms with Gasteiger partial charge in [-0.25, -0.2) is 4.79 Å². The smallest absolute Gasteiger partial charge is 0.327 e. The van der Waals surface area contributed by atoms with Gasteiger partial charge in [-0.1, -0.05) is 32.0 Å². The zero-order chi connectivity index (χ0) is 27.7. The molecule has 1 heterocycles. The normalized spacial score (nSPS) is 14.4. The maximum Gasteiger partial charge on any atom is 0.327 e. The molecule has 1 aromatic carbocycles. The van der Waals surface area contributed by atoms with Crippen molar-refractivity contribution in [3.05, 3.63) is 36.0 Å². The third-order valence-electron chi connectivity index (χ3n) is 5.63. The summed E-state index contributed by atoms with van der Waals surface area (Å²) in [5.74, 6) is -4.33. The fraction of sp³-hybridized carbons (Fsp3) is 0.458. The Morgan fingerprint density at radius 1 is 0.973 bits per heavy atom. The monoisotopic (exact) mass is 534 g/mol. The van der Waals surface area contributed by atoms with E-state index in [2.05, 4.69) is 33.6 Å². The minimum Gasteiger partial charge on any atom is -0.480 e. The minimum absolute atomic E-state index is 0.0233. The van der Waals surface area contributed by atoms with Crippen molar-refractivity contribution in [3.8, 4) is 0 Å². The van der Waals surface area contributed by atoms with Crippen LogP contribution in [0.5, 0.6) is 0 Å². The fourth-order valence-electron chi connectivity index (χ4n) is 3.75. The number of thiol groups is 1. The summed E-state index contributed by atoms with van der Waals surface area (Å²) >= 11 is 3.98. The van der Waals surface area contributed by atoms with Crippen LogP contribution in [0.15, 0.2) is 30.5 Å². The van der Waals surface area contributed by atoms with Gasteiger partial charge >= 0.3 is 5.97 Å². The number of para-hydroxylation sites is 1. The van der Waals surface area contributed by atoms with Gasteiger partial charge < -0.3 is 37.5 Å². The Morgan fingerprint density at radius 2 is 1.57 bits per heavy atom. The largest absolute Gasteiger partial charge is 0.480 e. The number of benzene rings is 1. The number of nitrogens with one attached hydrogen (secondary N) is 4. The molecule has 37 heavy (non-hydrogen) atoms. The van der Waals surface area contributed by atoms with Crippen LogP contribution in [-0.4, -0.2) is 69.6 Å². The number of aromatic nitrogens is 1. The number of H-pyrrole nitrogens is 1. The predicted octanol–water partition coefficient (Wildman–Crippen LogP) is -0.572. The molecular formula is C24H34N6O6S. The molecule has 0 spiro atoms. The Kier molecular flexibility index (Phi) is 10.9.